The smallest absolute Gasteiger partial charge is 0.123 e. The van der Waals surface area contributed by atoms with E-state index in [9.17, 15) is 4.39 Å². The van der Waals surface area contributed by atoms with Crippen LogP contribution >= 0.6 is 0 Å². The fourth-order valence-electron chi connectivity index (χ4n) is 0.639. The first-order valence-corrected chi connectivity index (χ1v) is 4.72. The van der Waals surface area contributed by atoms with Gasteiger partial charge in [0.1, 0.15) is 5.82 Å². The summed E-state index contributed by atoms with van der Waals surface area (Å²) in [6.45, 7) is 9.78. The zero-order valence-corrected chi connectivity index (χ0v) is 9.19. The molecule has 0 spiro atoms. The van der Waals surface area contributed by atoms with Crippen molar-refractivity contribution in [1.82, 2.24) is 0 Å². The van der Waals surface area contributed by atoms with E-state index in [4.69, 9.17) is 5.73 Å². The molecule has 1 aromatic rings. The van der Waals surface area contributed by atoms with Crippen LogP contribution in [0.15, 0.2) is 18.2 Å². The molecule has 0 unspecified atom stereocenters. The van der Waals surface area contributed by atoms with Gasteiger partial charge in [0.05, 0.1) is 0 Å². The van der Waals surface area contributed by atoms with Crippen molar-refractivity contribution in [1.29, 1.82) is 0 Å². The molecular weight excluding hydrogens is 165 g/mol. The minimum atomic E-state index is -0.235. The molecule has 0 atom stereocenters. The van der Waals surface area contributed by atoms with Crippen LogP contribution in [0.1, 0.15) is 33.3 Å². The van der Waals surface area contributed by atoms with E-state index in [1.54, 1.807) is 13.0 Å². The fourth-order valence-corrected chi connectivity index (χ4v) is 0.639. The minimum Gasteiger partial charge on any atom is -0.399 e. The number of hydrogen-bond acceptors (Lipinski definition) is 1. The highest BCUT2D eigenvalue weighted by Crippen LogP contribution is 2.10. The lowest BCUT2D eigenvalue weighted by Gasteiger charge is -1.96. The number of nitrogens with two attached hydrogens (primary N) is 1. The molecule has 0 aliphatic rings. The Morgan fingerprint density at radius 1 is 1.08 bits per heavy atom. The highest BCUT2D eigenvalue weighted by atomic mass is 19.1. The van der Waals surface area contributed by atoms with Gasteiger partial charge in [-0.05, 0) is 30.7 Å². The van der Waals surface area contributed by atoms with Crippen molar-refractivity contribution in [2.75, 3.05) is 5.73 Å². The van der Waals surface area contributed by atoms with Crippen LogP contribution in [0.4, 0.5) is 10.1 Å². The first-order valence-electron chi connectivity index (χ1n) is 4.72. The zero-order valence-electron chi connectivity index (χ0n) is 9.19. The Balaban J connectivity index is 0. The van der Waals surface area contributed by atoms with Crippen LogP contribution in [-0.4, -0.2) is 0 Å². The molecule has 2 heteroatoms. The van der Waals surface area contributed by atoms with Gasteiger partial charge in [-0.3, -0.25) is 0 Å². The molecule has 0 aliphatic carbocycles. The minimum absolute atomic E-state index is 0.235. The summed E-state index contributed by atoms with van der Waals surface area (Å²) >= 11 is 0. The third kappa shape index (κ3) is 6.14. The topological polar surface area (TPSA) is 26.0 Å². The van der Waals surface area contributed by atoms with E-state index in [1.807, 2.05) is 27.7 Å². The van der Waals surface area contributed by atoms with Gasteiger partial charge in [0.15, 0.2) is 0 Å². The predicted molar refractivity (Wildman–Crippen MR) is 58.2 cm³/mol. The van der Waals surface area contributed by atoms with Gasteiger partial charge in [-0.15, -0.1) is 0 Å². The molecule has 13 heavy (non-hydrogen) atoms. The van der Waals surface area contributed by atoms with Crippen LogP contribution in [-0.2, 0) is 0 Å². The summed E-state index contributed by atoms with van der Waals surface area (Å²) in [6.07, 6.45) is 0. The average Bonchev–Trinajstić information content (AvgIpc) is 2.18. The van der Waals surface area contributed by atoms with Crippen LogP contribution in [0.2, 0.25) is 0 Å². The third-order valence-corrected chi connectivity index (χ3v) is 1.23. The van der Waals surface area contributed by atoms with Gasteiger partial charge in [-0.2, -0.15) is 0 Å². The van der Waals surface area contributed by atoms with Gasteiger partial charge in [0, 0.05) is 5.69 Å². The maximum Gasteiger partial charge on any atom is 0.123 e. The van der Waals surface area contributed by atoms with Crippen LogP contribution in [0.25, 0.3) is 0 Å². The number of rotatable bonds is 0. The maximum atomic E-state index is 12.3. The Kier molecular flexibility index (Phi) is 10.1. The summed E-state index contributed by atoms with van der Waals surface area (Å²) in [5.74, 6) is -0.235. The summed E-state index contributed by atoms with van der Waals surface area (Å²) in [6, 6.07) is 4.32. The first-order chi connectivity index (χ1) is 6.20. The largest absolute Gasteiger partial charge is 0.399 e. The molecule has 2 N–H and O–H groups in total. The molecule has 0 bridgehead atoms. The summed E-state index contributed by atoms with van der Waals surface area (Å²) in [5.41, 5.74) is 6.84. The van der Waals surface area contributed by atoms with Crippen molar-refractivity contribution in [2.45, 2.75) is 34.6 Å². The molecule has 0 heterocycles. The molecular formula is C11H20FN. The molecule has 0 saturated heterocycles. The van der Waals surface area contributed by atoms with Gasteiger partial charge in [-0.1, -0.05) is 27.7 Å². The molecule has 1 aromatic carbocycles. The highest BCUT2D eigenvalue weighted by Gasteiger charge is 1.92. The van der Waals surface area contributed by atoms with Gasteiger partial charge >= 0.3 is 0 Å². The number of hydrogen-bond donors (Lipinski definition) is 1. The summed E-state index contributed by atoms with van der Waals surface area (Å²) < 4.78 is 12.3. The van der Waals surface area contributed by atoms with Gasteiger partial charge in [-0.25, -0.2) is 4.39 Å². The normalized spacial score (nSPS) is 7.54. The molecule has 0 radical (unpaired) electrons. The third-order valence-electron chi connectivity index (χ3n) is 1.23. The summed E-state index contributed by atoms with van der Waals surface area (Å²) in [4.78, 5) is 0. The van der Waals surface area contributed by atoms with Crippen LogP contribution in [0.5, 0.6) is 0 Å². The Morgan fingerprint density at radius 3 is 1.85 bits per heavy atom. The lowest BCUT2D eigenvalue weighted by Crippen LogP contribution is -1.88. The number of halogens is 1. The summed E-state index contributed by atoms with van der Waals surface area (Å²) in [5, 5.41) is 0. The second-order valence-corrected chi connectivity index (χ2v) is 2.00. The Bertz CT molecular complexity index is 221. The molecule has 0 aliphatic heterocycles. The van der Waals surface area contributed by atoms with Crippen LogP contribution in [0, 0.1) is 12.7 Å². The van der Waals surface area contributed by atoms with E-state index in [2.05, 4.69) is 0 Å². The Labute approximate surface area is 80.8 Å². The molecule has 0 saturated carbocycles. The van der Waals surface area contributed by atoms with Crippen LogP contribution in [0.3, 0.4) is 0 Å². The molecule has 0 aromatic heterocycles. The maximum absolute atomic E-state index is 12.3. The van der Waals surface area contributed by atoms with Gasteiger partial charge < -0.3 is 5.73 Å². The quantitative estimate of drug-likeness (QED) is 0.612. The van der Waals surface area contributed by atoms with E-state index >= 15 is 0 Å². The van der Waals surface area contributed by atoms with Gasteiger partial charge in [0.25, 0.3) is 0 Å². The standard InChI is InChI=1S/C7H8FN.2C2H6/c1-5-4-6(8)2-3-7(5)9;2*1-2/h2-4H,9H2,1H3;2*1-2H3. The van der Waals surface area contributed by atoms with E-state index < -0.39 is 0 Å². The Morgan fingerprint density at radius 2 is 1.54 bits per heavy atom. The zero-order chi connectivity index (χ0) is 10.9. The van der Waals surface area contributed by atoms with Crippen LogP contribution < -0.4 is 5.73 Å². The number of benzene rings is 1. The Hall–Kier alpha value is -1.05. The molecule has 1 rings (SSSR count). The number of aryl methyl sites for hydroxylation is 1. The van der Waals surface area contributed by atoms with Crippen molar-refractivity contribution in [2.24, 2.45) is 0 Å². The highest BCUT2D eigenvalue weighted by molar-refractivity contribution is 5.45. The summed E-state index contributed by atoms with van der Waals surface area (Å²) in [7, 11) is 0. The SMILES string of the molecule is CC.CC.Cc1cc(F)ccc1N. The van der Waals surface area contributed by atoms with E-state index in [1.165, 1.54) is 12.1 Å². The lowest BCUT2D eigenvalue weighted by molar-refractivity contribution is 0.627. The number of anilines is 1. The van der Waals surface area contributed by atoms with Crippen molar-refractivity contribution < 1.29 is 4.39 Å². The van der Waals surface area contributed by atoms with E-state index in [0.29, 0.717) is 5.69 Å². The average molecular weight is 185 g/mol. The van der Waals surface area contributed by atoms with Crippen molar-refractivity contribution in [3.05, 3.63) is 29.6 Å². The second kappa shape index (κ2) is 9.04. The molecule has 1 nitrogen and oxygen atoms in total. The monoisotopic (exact) mass is 185 g/mol. The second-order valence-electron chi connectivity index (χ2n) is 2.00. The lowest BCUT2D eigenvalue weighted by atomic mass is 10.2. The predicted octanol–water partition coefficient (Wildman–Crippen LogP) is 3.77. The van der Waals surface area contributed by atoms with E-state index in [0.717, 1.165) is 5.56 Å². The molecule has 76 valence electrons. The van der Waals surface area contributed by atoms with Gasteiger partial charge in [0.2, 0.25) is 0 Å². The molecule has 0 amide bonds. The van der Waals surface area contributed by atoms with Crippen molar-refractivity contribution >= 4 is 5.69 Å². The van der Waals surface area contributed by atoms with E-state index in [-0.39, 0.29) is 5.82 Å². The fraction of sp³-hybridized carbons (Fsp3) is 0.455. The first kappa shape index (κ1) is 14.5. The van der Waals surface area contributed by atoms with Crippen molar-refractivity contribution in [3.8, 4) is 0 Å². The number of nitrogen functional groups attached to an aromatic ring is 1. The van der Waals surface area contributed by atoms with Crippen molar-refractivity contribution in [3.63, 3.8) is 0 Å². The molecule has 0 fully saturated rings.